The van der Waals surface area contributed by atoms with E-state index in [4.69, 9.17) is 11.6 Å². The highest BCUT2D eigenvalue weighted by atomic mass is 35.5. The Balaban J connectivity index is 2.33. The van der Waals surface area contributed by atoms with Crippen molar-refractivity contribution in [1.29, 1.82) is 0 Å². The van der Waals surface area contributed by atoms with Crippen molar-refractivity contribution in [3.63, 3.8) is 0 Å². The fraction of sp³-hybridized carbons (Fsp3) is 0.600. The molecule has 0 spiro atoms. The molecular formula is C10H14ClN3O2S. The minimum absolute atomic E-state index is 0.0532. The molecule has 0 N–H and O–H groups in total. The van der Waals surface area contributed by atoms with Crippen molar-refractivity contribution in [2.24, 2.45) is 0 Å². The van der Waals surface area contributed by atoms with E-state index in [1.165, 1.54) is 12.4 Å². The number of sulfonamides is 1. The lowest BCUT2D eigenvalue weighted by atomic mass is 10.2. The van der Waals surface area contributed by atoms with Crippen molar-refractivity contribution in [3.8, 4) is 0 Å². The van der Waals surface area contributed by atoms with Crippen molar-refractivity contribution in [1.82, 2.24) is 14.3 Å². The summed E-state index contributed by atoms with van der Waals surface area (Å²) >= 11 is 5.55. The maximum Gasteiger partial charge on any atom is 0.246 e. The smallest absolute Gasteiger partial charge is 0.225 e. The van der Waals surface area contributed by atoms with Crippen LogP contribution in [0.25, 0.3) is 0 Å². The summed E-state index contributed by atoms with van der Waals surface area (Å²) in [6.07, 6.45) is 5.18. The van der Waals surface area contributed by atoms with E-state index in [1.807, 2.05) is 6.92 Å². The highest BCUT2D eigenvalue weighted by Crippen LogP contribution is 2.27. The van der Waals surface area contributed by atoms with Gasteiger partial charge in [-0.1, -0.05) is 6.92 Å². The summed E-state index contributed by atoms with van der Waals surface area (Å²) in [5, 5.41) is 0.0532. The van der Waals surface area contributed by atoms with Gasteiger partial charge in [0.1, 0.15) is 4.90 Å². The zero-order valence-corrected chi connectivity index (χ0v) is 11.1. The van der Waals surface area contributed by atoms with Gasteiger partial charge in [-0.15, -0.1) is 0 Å². The second-order valence-corrected chi connectivity index (χ2v) is 6.24. The van der Waals surface area contributed by atoms with Crippen molar-refractivity contribution >= 4 is 21.6 Å². The molecule has 0 bridgehead atoms. The lowest BCUT2D eigenvalue weighted by Crippen LogP contribution is -2.35. The number of rotatable bonds is 3. The molecule has 1 saturated heterocycles. The first-order valence-electron chi connectivity index (χ1n) is 5.55. The summed E-state index contributed by atoms with van der Waals surface area (Å²) in [4.78, 5) is 7.55. The standard InChI is InChI=1S/C10H14ClN3O2S/c1-2-8-4-3-5-14(8)17(15,16)9-6-12-10(11)13-7-9/h6-8H,2-5H2,1H3. The van der Waals surface area contributed by atoms with Gasteiger partial charge >= 0.3 is 0 Å². The highest BCUT2D eigenvalue weighted by Gasteiger charge is 2.34. The topological polar surface area (TPSA) is 63.2 Å². The molecule has 1 aromatic rings. The molecule has 0 radical (unpaired) electrons. The van der Waals surface area contributed by atoms with Crippen LogP contribution in [-0.4, -0.2) is 35.3 Å². The molecule has 1 aliphatic heterocycles. The van der Waals surface area contributed by atoms with Gasteiger partial charge in [-0.3, -0.25) is 0 Å². The van der Waals surface area contributed by atoms with Crippen LogP contribution in [0.1, 0.15) is 26.2 Å². The van der Waals surface area contributed by atoms with Gasteiger partial charge in [-0.05, 0) is 30.9 Å². The van der Waals surface area contributed by atoms with Crippen molar-refractivity contribution in [2.75, 3.05) is 6.54 Å². The average Bonchev–Trinajstić information content (AvgIpc) is 2.78. The van der Waals surface area contributed by atoms with Gasteiger partial charge in [0.05, 0.1) is 12.4 Å². The van der Waals surface area contributed by atoms with E-state index in [9.17, 15) is 8.42 Å². The van der Waals surface area contributed by atoms with E-state index >= 15 is 0 Å². The van der Waals surface area contributed by atoms with E-state index in [0.717, 1.165) is 19.3 Å². The molecule has 1 unspecified atom stereocenters. The van der Waals surface area contributed by atoms with Crippen LogP contribution in [0, 0.1) is 0 Å². The van der Waals surface area contributed by atoms with Crippen LogP contribution >= 0.6 is 11.6 Å². The van der Waals surface area contributed by atoms with E-state index in [2.05, 4.69) is 9.97 Å². The van der Waals surface area contributed by atoms with Crippen LogP contribution in [0.5, 0.6) is 0 Å². The van der Waals surface area contributed by atoms with E-state index in [1.54, 1.807) is 4.31 Å². The van der Waals surface area contributed by atoms with E-state index in [-0.39, 0.29) is 16.2 Å². The van der Waals surface area contributed by atoms with E-state index in [0.29, 0.717) is 6.54 Å². The van der Waals surface area contributed by atoms with Crippen LogP contribution in [-0.2, 0) is 10.0 Å². The summed E-state index contributed by atoms with van der Waals surface area (Å²) in [6, 6.07) is 0.0932. The Morgan fingerprint density at radius 1 is 1.47 bits per heavy atom. The Bertz CT molecular complexity index is 489. The van der Waals surface area contributed by atoms with Gasteiger partial charge in [0.2, 0.25) is 15.3 Å². The number of nitrogens with zero attached hydrogens (tertiary/aromatic N) is 3. The molecule has 1 atom stereocenters. The normalized spacial score (nSPS) is 21.9. The molecule has 0 amide bonds. The number of aromatic nitrogens is 2. The zero-order valence-electron chi connectivity index (χ0n) is 9.50. The summed E-state index contributed by atoms with van der Waals surface area (Å²) in [5.74, 6) is 0. The fourth-order valence-electron chi connectivity index (χ4n) is 2.10. The molecule has 94 valence electrons. The number of hydrogen-bond donors (Lipinski definition) is 0. The average molecular weight is 276 g/mol. The van der Waals surface area contributed by atoms with Crippen LogP contribution in [0.15, 0.2) is 17.3 Å². The largest absolute Gasteiger partial charge is 0.246 e. The molecule has 7 heteroatoms. The predicted octanol–water partition coefficient (Wildman–Crippen LogP) is 1.69. The van der Waals surface area contributed by atoms with Crippen molar-refractivity contribution in [3.05, 3.63) is 17.7 Å². The Kier molecular flexibility index (Phi) is 3.65. The van der Waals surface area contributed by atoms with Gasteiger partial charge in [0.15, 0.2) is 0 Å². The quantitative estimate of drug-likeness (QED) is 0.788. The first-order chi connectivity index (χ1) is 8.05. The lowest BCUT2D eigenvalue weighted by molar-refractivity contribution is 0.379. The van der Waals surface area contributed by atoms with Crippen LogP contribution in [0.3, 0.4) is 0 Å². The van der Waals surface area contributed by atoms with Crippen molar-refractivity contribution < 1.29 is 8.42 Å². The summed E-state index contributed by atoms with van der Waals surface area (Å²) in [5.41, 5.74) is 0. The predicted molar refractivity (Wildman–Crippen MR) is 64.2 cm³/mol. The Labute approximate surface area is 106 Å². The molecule has 0 aromatic carbocycles. The van der Waals surface area contributed by atoms with Crippen LogP contribution < -0.4 is 0 Å². The SMILES string of the molecule is CCC1CCCN1S(=O)(=O)c1cnc(Cl)nc1. The minimum atomic E-state index is -3.47. The summed E-state index contributed by atoms with van der Waals surface area (Å²) < 4.78 is 26.2. The molecule has 5 nitrogen and oxygen atoms in total. The maximum atomic E-state index is 12.3. The first-order valence-corrected chi connectivity index (χ1v) is 7.37. The third-order valence-electron chi connectivity index (χ3n) is 3.00. The second-order valence-electron chi connectivity index (χ2n) is 4.01. The molecule has 1 fully saturated rings. The molecule has 2 heterocycles. The highest BCUT2D eigenvalue weighted by molar-refractivity contribution is 7.89. The number of hydrogen-bond acceptors (Lipinski definition) is 4. The summed E-state index contributed by atoms with van der Waals surface area (Å²) in [6.45, 7) is 2.57. The molecule has 0 saturated carbocycles. The monoisotopic (exact) mass is 275 g/mol. The molecule has 17 heavy (non-hydrogen) atoms. The second kappa shape index (κ2) is 4.88. The maximum absolute atomic E-state index is 12.3. The van der Waals surface area contributed by atoms with Gasteiger partial charge in [0, 0.05) is 12.6 Å². The Hall–Kier alpha value is -0.720. The van der Waals surface area contributed by atoms with Gasteiger partial charge in [-0.2, -0.15) is 4.31 Å². The molecule has 1 aromatic heterocycles. The van der Waals surface area contributed by atoms with Crippen LogP contribution in [0.4, 0.5) is 0 Å². The Morgan fingerprint density at radius 3 is 2.71 bits per heavy atom. The van der Waals surface area contributed by atoms with Gasteiger partial charge in [-0.25, -0.2) is 18.4 Å². The van der Waals surface area contributed by atoms with Crippen molar-refractivity contribution in [2.45, 2.75) is 37.1 Å². The Morgan fingerprint density at radius 2 is 2.12 bits per heavy atom. The fourth-order valence-corrected chi connectivity index (χ4v) is 3.86. The van der Waals surface area contributed by atoms with Crippen LogP contribution in [0.2, 0.25) is 5.28 Å². The third-order valence-corrected chi connectivity index (χ3v) is 5.10. The van der Waals surface area contributed by atoms with E-state index < -0.39 is 10.0 Å². The number of halogens is 1. The molecular weight excluding hydrogens is 262 g/mol. The zero-order chi connectivity index (χ0) is 12.5. The van der Waals surface area contributed by atoms with Gasteiger partial charge < -0.3 is 0 Å². The first kappa shape index (κ1) is 12.7. The molecule has 0 aliphatic carbocycles. The molecule has 2 rings (SSSR count). The van der Waals surface area contributed by atoms with Gasteiger partial charge in [0.25, 0.3) is 0 Å². The summed E-state index contributed by atoms with van der Waals surface area (Å²) in [7, 11) is -3.47. The lowest BCUT2D eigenvalue weighted by Gasteiger charge is -2.22. The third kappa shape index (κ3) is 2.43. The minimum Gasteiger partial charge on any atom is -0.225 e. The molecule has 1 aliphatic rings.